The number of rotatable bonds is 6. The van der Waals surface area contributed by atoms with Crippen molar-refractivity contribution >= 4 is 17.5 Å². The number of pyridine rings is 2. The molecule has 178 valence electrons. The third-order valence-corrected chi connectivity index (χ3v) is 5.29. The third-order valence-electron chi connectivity index (χ3n) is 5.29. The van der Waals surface area contributed by atoms with Crippen LogP contribution in [0.15, 0.2) is 54.6 Å². The van der Waals surface area contributed by atoms with Gasteiger partial charge in [-0.2, -0.15) is 0 Å². The van der Waals surface area contributed by atoms with Gasteiger partial charge in [0.1, 0.15) is 11.6 Å². The molecule has 0 atom stereocenters. The summed E-state index contributed by atoms with van der Waals surface area (Å²) >= 11 is 0. The van der Waals surface area contributed by atoms with Crippen molar-refractivity contribution < 1.29 is 9.18 Å². The highest BCUT2D eigenvalue weighted by Gasteiger charge is 2.20. The Morgan fingerprint density at radius 1 is 0.914 bits per heavy atom. The Balaban J connectivity index is 1.73. The lowest BCUT2D eigenvalue weighted by atomic mass is 10.0. The first-order valence-electron chi connectivity index (χ1n) is 11.0. The van der Waals surface area contributed by atoms with E-state index in [1.54, 1.807) is 12.1 Å². The van der Waals surface area contributed by atoms with Crippen molar-refractivity contribution in [3.63, 3.8) is 0 Å². The Labute approximate surface area is 203 Å². The molecule has 0 radical (unpaired) electrons. The molecule has 4 aromatic rings. The number of amides is 1. The molecule has 9 heteroatoms. The Kier molecular flexibility index (Phi) is 6.68. The normalized spacial score (nSPS) is 10.8. The van der Waals surface area contributed by atoms with Crippen molar-refractivity contribution in [3.8, 4) is 22.5 Å². The quantitative estimate of drug-likeness (QED) is 0.438. The first kappa shape index (κ1) is 23.7. The van der Waals surface area contributed by atoms with Crippen molar-refractivity contribution in [1.82, 2.24) is 25.3 Å². The van der Waals surface area contributed by atoms with Gasteiger partial charge >= 0.3 is 0 Å². The molecule has 1 amide bonds. The zero-order chi connectivity index (χ0) is 25.1. The number of nitrogens with zero attached hydrogens (tertiary/aromatic N) is 5. The van der Waals surface area contributed by atoms with Gasteiger partial charge in [-0.1, -0.05) is 6.07 Å². The fourth-order valence-corrected chi connectivity index (χ4v) is 3.67. The molecule has 0 saturated heterocycles. The molecule has 4 rings (SSSR count). The predicted molar refractivity (Wildman–Crippen MR) is 134 cm³/mol. The second kappa shape index (κ2) is 9.84. The predicted octanol–water partition coefficient (Wildman–Crippen LogP) is 3.93. The van der Waals surface area contributed by atoms with Gasteiger partial charge in [-0.05, 0) is 62.4 Å². The Bertz CT molecular complexity index is 1370. The van der Waals surface area contributed by atoms with Crippen LogP contribution >= 0.6 is 0 Å². The Morgan fingerprint density at radius 2 is 1.57 bits per heavy atom. The topological polar surface area (TPSA) is 110 Å². The maximum Gasteiger partial charge on any atom is 0.274 e. The number of nitrogens with one attached hydrogen (secondary N) is 1. The molecule has 0 bridgehead atoms. The SMILES string of the molecule is Cc1cc(-c2nc(C(=O)NCc3cccc(N(C)C)n3)c(N)nc2-c2ccc(F)cc2)cc(C)n1. The summed E-state index contributed by atoms with van der Waals surface area (Å²) in [6.45, 7) is 3.95. The Hall–Kier alpha value is -4.40. The average Bonchev–Trinajstić information content (AvgIpc) is 2.82. The number of benzene rings is 1. The average molecular weight is 472 g/mol. The molecule has 35 heavy (non-hydrogen) atoms. The van der Waals surface area contributed by atoms with Crippen LogP contribution in [0.1, 0.15) is 27.6 Å². The van der Waals surface area contributed by atoms with Gasteiger partial charge in [0.25, 0.3) is 5.91 Å². The largest absolute Gasteiger partial charge is 0.382 e. The number of carbonyl (C=O) groups excluding carboxylic acids is 1. The van der Waals surface area contributed by atoms with Gasteiger partial charge in [0.05, 0.1) is 23.6 Å². The van der Waals surface area contributed by atoms with E-state index < -0.39 is 5.91 Å². The van der Waals surface area contributed by atoms with Gasteiger partial charge in [0.15, 0.2) is 11.5 Å². The number of anilines is 2. The number of hydrogen-bond acceptors (Lipinski definition) is 7. The van der Waals surface area contributed by atoms with E-state index in [4.69, 9.17) is 5.73 Å². The van der Waals surface area contributed by atoms with Crippen molar-refractivity contribution in [3.05, 3.63) is 83.2 Å². The van der Waals surface area contributed by atoms with E-state index in [0.717, 1.165) is 22.8 Å². The standard InChI is InChI=1S/C26H26FN7O/c1-15-12-18(13-16(2)30-15)23-22(17-8-10-19(27)11-9-17)33-25(28)24(32-23)26(35)29-14-20-6-5-7-21(31-20)34(3)4/h5-13H,14H2,1-4H3,(H2,28,33)(H,29,35). The first-order valence-corrected chi connectivity index (χ1v) is 11.0. The van der Waals surface area contributed by atoms with E-state index in [2.05, 4.69) is 25.3 Å². The molecule has 0 spiro atoms. The second-order valence-electron chi connectivity index (χ2n) is 8.36. The summed E-state index contributed by atoms with van der Waals surface area (Å²) < 4.78 is 13.5. The van der Waals surface area contributed by atoms with Crippen LogP contribution in [0, 0.1) is 19.7 Å². The molecule has 0 aliphatic heterocycles. The smallest absolute Gasteiger partial charge is 0.274 e. The summed E-state index contributed by atoms with van der Waals surface area (Å²) in [5.74, 6) is -0.0790. The summed E-state index contributed by atoms with van der Waals surface area (Å²) in [5.41, 5.74) is 10.7. The highest BCUT2D eigenvalue weighted by atomic mass is 19.1. The second-order valence-corrected chi connectivity index (χ2v) is 8.36. The number of aryl methyl sites for hydroxylation is 2. The van der Waals surface area contributed by atoms with Crippen LogP contribution in [-0.2, 0) is 6.54 Å². The number of carbonyl (C=O) groups is 1. The molecule has 0 aliphatic rings. The monoisotopic (exact) mass is 471 g/mol. The van der Waals surface area contributed by atoms with Gasteiger partial charge in [-0.15, -0.1) is 0 Å². The highest BCUT2D eigenvalue weighted by molar-refractivity contribution is 5.98. The summed E-state index contributed by atoms with van der Waals surface area (Å²) in [6, 6.07) is 15.2. The number of nitrogens with two attached hydrogens (primary N) is 1. The fourth-order valence-electron chi connectivity index (χ4n) is 3.67. The van der Waals surface area contributed by atoms with Gasteiger partial charge in [0, 0.05) is 36.6 Å². The van der Waals surface area contributed by atoms with Crippen molar-refractivity contribution in [1.29, 1.82) is 0 Å². The van der Waals surface area contributed by atoms with E-state index >= 15 is 0 Å². The lowest BCUT2D eigenvalue weighted by molar-refractivity contribution is 0.0946. The van der Waals surface area contributed by atoms with E-state index in [-0.39, 0.29) is 23.9 Å². The van der Waals surface area contributed by atoms with E-state index in [9.17, 15) is 9.18 Å². The van der Waals surface area contributed by atoms with Crippen LogP contribution in [-0.4, -0.2) is 39.9 Å². The lowest BCUT2D eigenvalue weighted by Crippen LogP contribution is -2.26. The van der Waals surface area contributed by atoms with Crippen LogP contribution in [0.3, 0.4) is 0 Å². The lowest BCUT2D eigenvalue weighted by Gasteiger charge is -2.15. The molecule has 0 fully saturated rings. The van der Waals surface area contributed by atoms with E-state index in [1.165, 1.54) is 12.1 Å². The van der Waals surface area contributed by atoms with Crippen LogP contribution < -0.4 is 16.0 Å². The molecule has 3 N–H and O–H groups in total. The molecule has 8 nitrogen and oxygen atoms in total. The number of hydrogen-bond donors (Lipinski definition) is 2. The summed E-state index contributed by atoms with van der Waals surface area (Å²) in [7, 11) is 3.79. The van der Waals surface area contributed by atoms with E-state index in [1.807, 2.05) is 63.2 Å². The number of halogens is 1. The minimum Gasteiger partial charge on any atom is -0.382 e. The van der Waals surface area contributed by atoms with Gasteiger partial charge in [0.2, 0.25) is 0 Å². The molecule has 0 unspecified atom stereocenters. The molecule has 1 aromatic carbocycles. The van der Waals surface area contributed by atoms with Crippen LogP contribution in [0.2, 0.25) is 0 Å². The molecular formula is C26H26FN7O. The van der Waals surface area contributed by atoms with Crippen molar-refractivity contribution in [2.24, 2.45) is 0 Å². The highest BCUT2D eigenvalue weighted by Crippen LogP contribution is 2.31. The number of nitrogen functional groups attached to an aromatic ring is 1. The van der Waals surface area contributed by atoms with Crippen LogP contribution in [0.5, 0.6) is 0 Å². The Morgan fingerprint density at radius 3 is 2.23 bits per heavy atom. The summed E-state index contributed by atoms with van der Waals surface area (Å²) in [5, 5.41) is 2.83. The zero-order valence-electron chi connectivity index (χ0n) is 20.0. The maximum absolute atomic E-state index is 13.5. The number of aromatic nitrogens is 4. The molecule has 3 aromatic heterocycles. The van der Waals surface area contributed by atoms with Crippen molar-refractivity contribution in [2.75, 3.05) is 24.7 Å². The minimum atomic E-state index is -0.471. The third kappa shape index (κ3) is 5.40. The minimum absolute atomic E-state index is 0.00162. The molecular weight excluding hydrogens is 445 g/mol. The van der Waals surface area contributed by atoms with Crippen LogP contribution in [0.25, 0.3) is 22.5 Å². The van der Waals surface area contributed by atoms with Crippen molar-refractivity contribution in [2.45, 2.75) is 20.4 Å². The summed E-state index contributed by atoms with van der Waals surface area (Å²) in [6.07, 6.45) is 0. The van der Waals surface area contributed by atoms with Gasteiger partial charge in [-0.25, -0.2) is 19.3 Å². The summed E-state index contributed by atoms with van der Waals surface area (Å²) in [4.78, 5) is 33.0. The molecule has 0 saturated carbocycles. The van der Waals surface area contributed by atoms with E-state index in [0.29, 0.717) is 22.6 Å². The molecule has 3 heterocycles. The zero-order valence-corrected chi connectivity index (χ0v) is 20.0. The van der Waals surface area contributed by atoms with Crippen LogP contribution in [0.4, 0.5) is 16.0 Å². The van der Waals surface area contributed by atoms with Gasteiger partial charge in [-0.3, -0.25) is 9.78 Å². The molecule has 0 aliphatic carbocycles. The maximum atomic E-state index is 13.5. The van der Waals surface area contributed by atoms with Gasteiger partial charge < -0.3 is 16.0 Å². The fraction of sp³-hybridized carbons (Fsp3) is 0.192. The first-order chi connectivity index (χ1) is 16.7.